The quantitative estimate of drug-likeness (QED) is 0.330. The van der Waals surface area contributed by atoms with Gasteiger partial charge in [-0.05, 0) is 6.92 Å². The van der Waals surface area contributed by atoms with Gasteiger partial charge in [-0.25, -0.2) is 0 Å². The summed E-state index contributed by atoms with van der Waals surface area (Å²) in [6, 6.07) is 0. The molecular weight excluding hydrogens is 76.1 g/mol. The third kappa shape index (κ3) is 3.34. The van der Waals surface area contributed by atoms with Crippen molar-refractivity contribution in [3.05, 3.63) is 0 Å². The molecule has 2 nitrogen and oxygen atoms in total. The van der Waals surface area contributed by atoms with Crippen LogP contribution in [0, 0.1) is 0 Å². The summed E-state index contributed by atoms with van der Waals surface area (Å²) < 4.78 is 0. The summed E-state index contributed by atoms with van der Waals surface area (Å²) in [6.45, 7) is 1.85. The van der Waals surface area contributed by atoms with Crippen LogP contribution in [0.5, 0.6) is 0 Å². The molecule has 0 N–H and O–H groups in total. The monoisotopic (exact) mass is 84.1 g/mol. The average Bonchev–Trinajstić information content (AvgIpc) is 1.61. The van der Waals surface area contributed by atoms with Crippen molar-refractivity contribution in [2.24, 2.45) is 9.98 Å². The van der Waals surface area contributed by atoms with E-state index in [1.54, 1.807) is 13.3 Å². The zero-order valence-corrected chi connectivity index (χ0v) is 4.05. The van der Waals surface area contributed by atoms with Gasteiger partial charge in [0, 0.05) is 13.3 Å². The molecule has 0 unspecified atom stereocenters. The van der Waals surface area contributed by atoms with Crippen LogP contribution in [0.25, 0.3) is 0 Å². The van der Waals surface area contributed by atoms with Crippen LogP contribution in [0.2, 0.25) is 0 Å². The number of hydrogen-bond acceptors (Lipinski definition) is 1. The molecule has 0 fully saturated rings. The van der Waals surface area contributed by atoms with Gasteiger partial charge in [-0.15, -0.1) is 0 Å². The van der Waals surface area contributed by atoms with Crippen molar-refractivity contribution in [2.75, 3.05) is 7.05 Å². The van der Waals surface area contributed by atoms with Gasteiger partial charge in [0.15, 0.2) is 0 Å². The van der Waals surface area contributed by atoms with Crippen molar-refractivity contribution in [1.29, 1.82) is 0 Å². The van der Waals surface area contributed by atoms with E-state index in [1.807, 2.05) is 6.92 Å². The maximum atomic E-state index is 3.67. The highest BCUT2D eigenvalue weighted by molar-refractivity contribution is 5.70. The summed E-state index contributed by atoms with van der Waals surface area (Å²) in [7, 11) is 1.69. The van der Waals surface area contributed by atoms with Crippen molar-refractivity contribution in [3.8, 4) is 0 Å². The fourth-order valence-electron chi connectivity index (χ4n) is 0.133. The lowest BCUT2D eigenvalue weighted by molar-refractivity contribution is 1.45. The highest BCUT2D eigenvalue weighted by atomic mass is 14.8. The highest BCUT2D eigenvalue weighted by Crippen LogP contribution is 1.53. The molecule has 6 heavy (non-hydrogen) atoms. The summed E-state index contributed by atoms with van der Waals surface area (Å²) in [4.78, 5) is 7.28. The van der Waals surface area contributed by atoms with Crippen LogP contribution in [0.15, 0.2) is 9.98 Å². The third-order valence-electron chi connectivity index (χ3n) is 0.331. The van der Waals surface area contributed by atoms with E-state index in [4.69, 9.17) is 0 Å². The molecule has 0 amide bonds. The first-order chi connectivity index (χ1) is 2.91. The van der Waals surface area contributed by atoms with Crippen LogP contribution in [0.4, 0.5) is 0 Å². The minimum absolute atomic E-state index is 1.50. The Morgan fingerprint density at radius 3 is 2.33 bits per heavy atom. The Kier molecular flexibility index (Phi) is 3.86. The molecule has 0 aromatic rings. The molecule has 0 aliphatic carbocycles. The molecular formula is C4H8N2. The topological polar surface area (TPSA) is 24.7 Å². The Labute approximate surface area is 37.6 Å². The predicted molar refractivity (Wildman–Crippen MR) is 28.6 cm³/mol. The third-order valence-corrected chi connectivity index (χ3v) is 0.331. The zero-order chi connectivity index (χ0) is 4.83. The SMILES string of the molecule is CC=NC=NC. The maximum Gasteiger partial charge on any atom is 0.109 e. The second-order valence-corrected chi connectivity index (χ2v) is 0.781. The fourth-order valence-corrected chi connectivity index (χ4v) is 0.133. The Balaban J connectivity index is 3.07. The first-order valence-electron chi connectivity index (χ1n) is 1.80. The van der Waals surface area contributed by atoms with E-state index in [2.05, 4.69) is 9.98 Å². The van der Waals surface area contributed by atoms with Crippen LogP contribution in [-0.2, 0) is 0 Å². The standard InChI is InChI=1S/C4H8N2/c1-3-6-4-5-2/h3-4H,1-2H3. The largest absolute Gasteiger partial charge is 0.277 e. The Morgan fingerprint density at radius 2 is 2.17 bits per heavy atom. The van der Waals surface area contributed by atoms with Gasteiger partial charge in [0.2, 0.25) is 0 Å². The van der Waals surface area contributed by atoms with E-state index in [0.717, 1.165) is 0 Å². The van der Waals surface area contributed by atoms with Crippen LogP contribution in [-0.4, -0.2) is 19.6 Å². The minimum Gasteiger partial charge on any atom is -0.277 e. The fraction of sp³-hybridized carbons (Fsp3) is 0.500. The van der Waals surface area contributed by atoms with E-state index in [-0.39, 0.29) is 0 Å². The molecule has 0 aliphatic heterocycles. The normalized spacial score (nSPS) is 11.7. The first kappa shape index (κ1) is 5.34. The second kappa shape index (κ2) is 4.34. The van der Waals surface area contributed by atoms with Crippen molar-refractivity contribution >= 4 is 12.6 Å². The number of aliphatic imine (C=N–C) groups is 2. The van der Waals surface area contributed by atoms with E-state index in [9.17, 15) is 0 Å². The number of rotatable bonds is 1. The molecule has 0 heterocycles. The number of nitrogens with zero attached hydrogens (tertiary/aromatic N) is 2. The lowest BCUT2D eigenvalue weighted by Gasteiger charge is -1.64. The summed E-state index contributed by atoms with van der Waals surface area (Å²) >= 11 is 0. The Morgan fingerprint density at radius 1 is 1.50 bits per heavy atom. The molecule has 0 atom stereocenters. The summed E-state index contributed by atoms with van der Waals surface area (Å²) in [5.41, 5.74) is 0. The van der Waals surface area contributed by atoms with Gasteiger partial charge < -0.3 is 0 Å². The van der Waals surface area contributed by atoms with E-state index >= 15 is 0 Å². The molecule has 0 saturated heterocycles. The molecule has 34 valence electrons. The van der Waals surface area contributed by atoms with Crippen molar-refractivity contribution in [1.82, 2.24) is 0 Å². The zero-order valence-electron chi connectivity index (χ0n) is 4.05. The molecule has 0 rings (SSSR count). The van der Waals surface area contributed by atoms with Gasteiger partial charge in [-0.2, -0.15) is 0 Å². The maximum absolute atomic E-state index is 3.67. The number of hydrogen-bond donors (Lipinski definition) is 0. The summed E-state index contributed by atoms with van der Waals surface area (Å²) in [5, 5.41) is 0. The predicted octanol–water partition coefficient (Wildman–Crippen LogP) is 0.735. The van der Waals surface area contributed by atoms with Crippen LogP contribution < -0.4 is 0 Å². The average molecular weight is 84.1 g/mol. The molecule has 0 aromatic carbocycles. The van der Waals surface area contributed by atoms with E-state index < -0.39 is 0 Å². The van der Waals surface area contributed by atoms with E-state index in [1.165, 1.54) is 6.34 Å². The Bertz CT molecular complexity index is 53.9. The molecule has 0 radical (unpaired) electrons. The lowest BCUT2D eigenvalue weighted by atomic mass is 10.9. The van der Waals surface area contributed by atoms with Crippen LogP contribution >= 0.6 is 0 Å². The van der Waals surface area contributed by atoms with Crippen LogP contribution in [0.1, 0.15) is 6.92 Å². The molecule has 0 spiro atoms. The first-order valence-corrected chi connectivity index (χ1v) is 1.80. The van der Waals surface area contributed by atoms with Gasteiger partial charge in [-0.1, -0.05) is 0 Å². The molecule has 0 aliphatic rings. The lowest BCUT2D eigenvalue weighted by Crippen LogP contribution is -1.61. The molecule has 0 saturated carbocycles. The summed E-state index contributed by atoms with van der Waals surface area (Å²) in [6.07, 6.45) is 3.19. The minimum atomic E-state index is 1.50. The molecule has 0 aromatic heterocycles. The molecule has 0 bridgehead atoms. The van der Waals surface area contributed by atoms with Crippen LogP contribution in [0.3, 0.4) is 0 Å². The Hall–Kier alpha value is -0.660. The summed E-state index contributed by atoms with van der Waals surface area (Å²) in [5.74, 6) is 0. The van der Waals surface area contributed by atoms with Crippen molar-refractivity contribution in [3.63, 3.8) is 0 Å². The van der Waals surface area contributed by atoms with Crippen molar-refractivity contribution in [2.45, 2.75) is 6.92 Å². The van der Waals surface area contributed by atoms with Gasteiger partial charge in [0.25, 0.3) is 0 Å². The van der Waals surface area contributed by atoms with Crippen molar-refractivity contribution < 1.29 is 0 Å². The van der Waals surface area contributed by atoms with Gasteiger partial charge in [0.05, 0.1) is 0 Å². The highest BCUT2D eigenvalue weighted by Gasteiger charge is 1.48. The van der Waals surface area contributed by atoms with Gasteiger partial charge in [0.1, 0.15) is 6.34 Å². The van der Waals surface area contributed by atoms with E-state index in [0.29, 0.717) is 0 Å². The smallest absolute Gasteiger partial charge is 0.109 e. The van der Waals surface area contributed by atoms with Gasteiger partial charge in [-0.3, -0.25) is 9.98 Å². The van der Waals surface area contributed by atoms with Gasteiger partial charge >= 0.3 is 0 Å². The second-order valence-electron chi connectivity index (χ2n) is 0.781. The molecule has 2 heteroatoms.